The third kappa shape index (κ3) is 4.68. The molecular weight excluding hydrogens is 394 g/mol. The lowest BCUT2D eigenvalue weighted by Crippen LogP contribution is -2.13. The zero-order valence-corrected chi connectivity index (χ0v) is 16.6. The molecule has 0 atom stereocenters. The van der Waals surface area contributed by atoms with E-state index < -0.39 is 0 Å². The Hall–Kier alpha value is -2.91. The number of rotatable bonds is 7. The van der Waals surface area contributed by atoms with Crippen molar-refractivity contribution in [1.29, 1.82) is 0 Å². The molecule has 28 heavy (non-hydrogen) atoms. The van der Waals surface area contributed by atoms with Crippen molar-refractivity contribution in [2.45, 2.75) is 18.7 Å². The molecule has 2 aromatic carbocycles. The summed E-state index contributed by atoms with van der Waals surface area (Å²) in [7, 11) is 0. The molecule has 0 unspecified atom stereocenters. The summed E-state index contributed by atoms with van der Waals surface area (Å²) >= 11 is 2.71. The van der Waals surface area contributed by atoms with Gasteiger partial charge in [0.1, 0.15) is 12.4 Å². The van der Waals surface area contributed by atoms with E-state index in [9.17, 15) is 4.79 Å². The molecule has 2 heterocycles. The molecule has 0 spiro atoms. The predicted octanol–water partition coefficient (Wildman–Crippen LogP) is 4.03. The number of thioether (sulfide) groups is 1. The number of hydrogen-bond acceptors (Lipinski definition) is 7. The summed E-state index contributed by atoms with van der Waals surface area (Å²) in [6.07, 6.45) is 0. The van der Waals surface area contributed by atoms with Crippen molar-refractivity contribution in [2.24, 2.45) is 0 Å². The van der Waals surface area contributed by atoms with Gasteiger partial charge >= 0.3 is 0 Å². The highest BCUT2D eigenvalue weighted by atomic mass is 32.2. The molecule has 7 nitrogen and oxygen atoms in total. The number of para-hydroxylation sites is 1. The quantitative estimate of drug-likeness (QED) is 0.446. The molecular formula is C19H17N5O2S2. The first-order chi connectivity index (χ1) is 13.7. The highest BCUT2D eigenvalue weighted by Gasteiger charge is 2.11. The number of nitrogens with zero attached hydrogens (tertiary/aromatic N) is 3. The van der Waals surface area contributed by atoms with Crippen molar-refractivity contribution in [3.63, 3.8) is 0 Å². The van der Waals surface area contributed by atoms with Gasteiger partial charge in [-0.05, 0) is 36.8 Å². The van der Waals surface area contributed by atoms with Crippen LogP contribution >= 0.6 is 23.1 Å². The van der Waals surface area contributed by atoms with Crippen LogP contribution in [0.3, 0.4) is 0 Å². The van der Waals surface area contributed by atoms with E-state index in [2.05, 4.69) is 25.5 Å². The van der Waals surface area contributed by atoms with Gasteiger partial charge in [-0.3, -0.25) is 9.89 Å². The number of aromatic nitrogens is 4. The van der Waals surface area contributed by atoms with Gasteiger partial charge in [-0.15, -0.1) is 5.10 Å². The number of benzene rings is 2. The third-order valence-corrected chi connectivity index (χ3v) is 5.55. The van der Waals surface area contributed by atoms with Crippen molar-refractivity contribution in [3.05, 3.63) is 59.9 Å². The molecule has 2 N–H and O–H groups in total. The van der Waals surface area contributed by atoms with E-state index in [1.165, 1.54) is 23.1 Å². The fourth-order valence-electron chi connectivity index (χ4n) is 2.47. The third-order valence-electron chi connectivity index (χ3n) is 3.75. The highest BCUT2D eigenvalue weighted by Crippen LogP contribution is 2.25. The molecule has 1 amide bonds. The summed E-state index contributed by atoms with van der Waals surface area (Å²) in [6, 6.07) is 15.6. The van der Waals surface area contributed by atoms with Gasteiger partial charge in [0.05, 0.1) is 16.0 Å². The van der Waals surface area contributed by atoms with Crippen molar-refractivity contribution in [1.82, 2.24) is 20.2 Å². The first-order valence-electron chi connectivity index (χ1n) is 8.55. The summed E-state index contributed by atoms with van der Waals surface area (Å²) < 4.78 is 6.73. The minimum Gasteiger partial charge on any atom is -0.486 e. The van der Waals surface area contributed by atoms with E-state index in [0.717, 1.165) is 21.5 Å². The fourth-order valence-corrected chi connectivity index (χ4v) is 3.97. The molecule has 4 aromatic rings. The van der Waals surface area contributed by atoms with Crippen molar-refractivity contribution >= 4 is 44.4 Å². The topological polar surface area (TPSA) is 92.8 Å². The number of aromatic amines is 1. The molecule has 0 radical (unpaired) electrons. The summed E-state index contributed by atoms with van der Waals surface area (Å²) in [5, 5.41) is 10.9. The molecule has 0 saturated heterocycles. The molecule has 2 aromatic heterocycles. The average Bonchev–Trinajstić information content (AvgIpc) is 3.31. The van der Waals surface area contributed by atoms with E-state index in [1.54, 1.807) is 0 Å². The van der Waals surface area contributed by atoms with Gasteiger partial charge in [0.15, 0.2) is 11.0 Å². The maximum atomic E-state index is 12.2. The van der Waals surface area contributed by atoms with Crippen molar-refractivity contribution < 1.29 is 9.53 Å². The number of hydrogen-bond donors (Lipinski definition) is 2. The van der Waals surface area contributed by atoms with Gasteiger partial charge < -0.3 is 10.1 Å². The largest absolute Gasteiger partial charge is 0.486 e. The van der Waals surface area contributed by atoms with Gasteiger partial charge in [0.2, 0.25) is 11.1 Å². The van der Waals surface area contributed by atoms with Crippen LogP contribution in [0.2, 0.25) is 0 Å². The van der Waals surface area contributed by atoms with E-state index in [-0.39, 0.29) is 18.3 Å². The Bertz CT molecular complexity index is 1080. The Balaban J connectivity index is 1.27. The Kier molecular flexibility index (Phi) is 5.54. The number of aryl methyl sites for hydroxylation is 1. The molecule has 0 bridgehead atoms. The summed E-state index contributed by atoms with van der Waals surface area (Å²) in [5.41, 5.74) is 2.01. The van der Waals surface area contributed by atoms with Gasteiger partial charge in [0.25, 0.3) is 0 Å². The van der Waals surface area contributed by atoms with Gasteiger partial charge in [-0.25, -0.2) is 9.97 Å². The molecule has 0 aliphatic carbocycles. The van der Waals surface area contributed by atoms with E-state index in [4.69, 9.17) is 4.74 Å². The van der Waals surface area contributed by atoms with Crippen LogP contribution in [0.1, 0.15) is 11.4 Å². The summed E-state index contributed by atoms with van der Waals surface area (Å²) in [6.45, 7) is 2.30. The minimum absolute atomic E-state index is 0.147. The van der Waals surface area contributed by atoms with E-state index in [1.807, 2.05) is 55.5 Å². The first-order valence-corrected chi connectivity index (χ1v) is 10.3. The zero-order chi connectivity index (χ0) is 19.3. The van der Waals surface area contributed by atoms with Gasteiger partial charge in [0, 0.05) is 0 Å². The van der Waals surface area contributed by atoms with E-state index in [0.29, 0.717) is 16.1 Å². The summed E-state index contributed by atoms with van der Waals surface area (Å²) in [5.74, 6) is 1.44. The highest BCUT2D eigenvalue weighted by molar-refractivity contribution is 7.99. The number of fused-ring (bicyclic) bond motifs is 1. The monoisotopic (exact) mass is 411 g/mol. The van der Waals surface area contributed by atoms with Gasteiger partial charge in [-0.2, -0.15) is 0 Å². The first kappa shape index (κ1) is 18.5. The van der Waals surface area contributed by atoms with Crippen LogP contribution in [0, 0.1) is 6.92 Å². The predicted molar refractivity (Wildman–Crippen MR) is 111 cm³/mol. The number of amides is 1. The lowest BCUT2D eigenvalue weighted by molar-refractivity contribution is -0.113. The maximum absolute atomic E-state index is 12.2. The van der Waals surface area contributed by atoms with Crippen LogP contribution in [0.15, 0.2) is 53.7 Å². The molecule has 0 aliphatic heterocycles. The second-order valence-corrected chi connectivity index (χ2v) is 7.97. The number of anilines is 1. The SMILES string of the molecule is Cc1cccc(OCc2nc(SCC(=O)Nc3nc4ccccc4s3)n[nH]2)c1. The number of nitrogens with one attached hydrogen (secondary N) is 2. The van der Waals surface area contributed by atoms with Crippen LogP contribution in [-0.4, -0.2) is 31.8 Å². The standard InChI is InChI=1S/C19H17N5O2S2/c1-12-5-4-6-13(9-12)26-10-16-21-19(24-23-16)27-11-17(25)22-18-20-14-7-2-3-8-15(14)28-18/h2-9H,10-11H2,1H3,(H,20,22,25)(H,21,23,24). The fraction of sp³-hybridized carbons (Fsp3) is 0.158. The molecule has 0 aliphatic rings. The summed E-state index contributed by atoms with van der Waals surface area (Å²) in [4.78, 5) is 20.9. The van der Waals surface area contributed by atoms with Crippen LogP contribution < -0.4 is 10.1 Å². The molecule has 9 heteroatoms. The van der Waals surface area contributed by atoms with Crippen LogP contribution in [-0.2, 0) is 11.4 Å². The van der Waals surface area contributed by atoms with Crippen molar-refractivity contribution in [3.8, 4) is 5.75 Å². The maximum Gasteiger partial charge on any atom is 0.236 e. The van der Waals surface area contributed by atoms with Crippen LogP contribution in [0.5, 0.6) is 5.75 Å². The second-order valence-electron chi connectivity index (χ2n) is 5.99. The van der Waals surface area contributed by atoms with E-state index >= 15 is 0 Å². The van der Waals surface area contributed by atoms with Crippen LogP contribution in [0.25, 0.3) is 10.2 Å². The minimum atomic E-state index is -0.147. The normalized spacial score (nSPS) is 10.9. The molecule has 142 valence electrons. The van der Waals surface area contributed by atoms with Crippen molar-refractivity contribution in [2.75, 3.05) is 11.1 Å². The zero-order valence-electron chi connectivity index (χ0n) is 15.0. The lowest BCUT2D eigenvalue weighted by Gasteiger charge is -2.04. The molecule has 0 saturated carbocycles. The Labute approximate surface area is 169 Å². The number of ether oxygens (including phenoxy) is 1. The number of carbonyl (C=O) groups excluding carboxylic acids is 1. The second kappa shape index (κ2) is 8.41. The number of thiazole rings is 1. The van der Waals surface area contributed by atoms with Crippen LogP contribution in [0.4, 0.5) is 5.13 Å². The Morgan fingerprint density at radius 2 is 2.11 bits per heavy atom. The Morgan fingerprint density at radius 1 is 1.21 bits per heavy atom. The average molecular weight is 412 g/mol. The number of H-pyrrole nitrogens is 1. The molecule has 4 rings (SSSR count). The molecule has 0 fully saturated rings. The van der Waals surface area contributed by atoms with Gasteiger partial charge in [-0.1, -0.05) is 47.4 Å². The Morgan fingerprint density at radius 3 is 2.96 bits per heavy atom. The smallest absolute Gasteiger partial charge is 0.236 e. The lowest BCUT2D eigenvalue weighted by atomic mass is 10.2. The number of carbonyl (C=O) groups is 1.